The van der Waals surface area contributed by atoms with Crippen LogP contribution in [0.3, 0.4) is 0 Å². The molecule has 2 heterocycles. The Morgan fingerprint density at radius 3 is 2.91 bits per heavy atom. The zero-order valence-electron chi connectivity index (χ0n) is 13.2. The minimum absolute atomic E-state index is 0.0838. The SMILES string of the molecule is Cc1ccccc1CN1CCCN(C(=O)Nc2nncs2)CC1. The molecule has 0 atom stereocenters. The maximum absolute atomic E-state index is 12.3. The van der Waals surface area contributed by atoms with Crippen molar-refractivity contribution in [3.05, 3.63) is 40.9 Å². The van der Waals surface area contributed by atoms with Crippen LogP contribution in [0.15, 0.2) is 29.8 Å². The Hall–Kier alpha value is -1.99. The first-order valence-electron chi connectivity index (χ1n) is 7.81. The number of benzene rings is 1. The summed E-state index contributed by atoms with van der Waals surface area (Å²) < 4.78 is 0. The fourth-order valence-corrected chi connectivity index (χ4v) is 3.19. The van der Waals surface area contributed by atoms with Crippen molar-refractivity contribution >= 4 is 22.5 Å². The van der Waals surface area contributed by atoms with Gasteiger partial charge in [0.15, 0.2) is 0 Å². The predicted molar refractivity (Wildman–Crippen MR) is 91.6 cm³/mol. The van der Waals surface area contributed by atoms with Crippen molar-refractivity contribution in [3.8, 4) is 0 Å². The van der Waals surface area contributed by atoms with E-state index in [1.807, 2.05) is 4.90 Å². The molecule has 1 saturated heterocycles. The summed E-state index contributed by atoms with van der Waals surface area (Å²) in [4.78, 5) is 16.6. The number of anilines is 1. The van der Waals surface area contributed by atoms with Crippen molar-refractivity contribution in [3.63, 3.8) is 0 Å². The van der Waals surface area contributed by atoms with Crippen molar-refractivity contribution in [2.75, 3.05) is 31.5 Å². The van der Waals surface area contributed by atoms with E-state index in [4.69, 9.17) is 0 Å². The van der Waals surface area contributed by atoms with Crippen LogP contribution in [0.4, 0.5) is 9.93 Å². The lowest BCUT2D eigenvalue weighted by Crippen LogP contribution is -2.38. The van der Waals surface area contributed by atoms with Gasteiger partial charge in [0.1, 0.15) is 5.51 Å². The number of nitrogens with zero attached hydrogens (tertiary/aromatic N) is 4. The molecule has 2 aromatic rings. The molecular weight excluding hydrogens is 310 g/mol. The summed E-state index contributed by atoms with van der Waals surface area (Å²) >= 11 is 1.33. The van der Waals surface area contributed by atoms with Crippen LogP contribution in [0.25, 0.3) is 0 Å². The van der Waals surface area contributed by atoms with Crippen molar-refractivity contribution in [2.45, 2.75) is 19.9 Å². The molecule has 1 aromatic heterocycles. The fourth-order valence-electron chi connectivity index (χ4n) is 2.76. The highest BCUT2D eigenvalue weighted by molar-refractivity contribution is 7.13. The minimum Gasteiger partial charge on any atom is -0.323 e. The molecule has 3 rings (SSSR count). The quantitative estimate of drug-likeness (QED) is 0.939. The second-order valence-corrected chi connectivity index (χ2v) is 6.55. The Morgan fingerprint density at radius 2 is 2.13 bits per heavy atom. The van der Waals surface area contributed by atoms with Crippen molar-refractivity contribution in [1.82, 2.24) is 20.0 Å². The number of amides is 2. The molecule has 0 unspecified atom stereocenters. The number of carbonyl (C=O) groups is 1. The Labute approximate surface area is 140 Å². The first kappa shape index (κ1) is 15.9. The molecule has 122 valence electrons. The van der Waals surface area contributed by atoms with Crippen LogP contribution in [-0.2, 0) is 6.54 Å². The molecule has 6 nitrogen and oxygen atoms in total. The summed E-state index contributed by atoms with van der Waals surface area (Å²) in [6, 6.07) is 8.40. The molecule has 7 heteroatoms. The van der Waals surface area contributed by atoms with Crippen molar-refractivity contribution in [1.29, 1.82) is 0 Å². The molecule has 1 aromatic carbocycles. The van der Waals surface area contributed by atoms with Gasteiger partial charge in [-0.25, -0.2) is 4.79 Å². The Balaban J connectivity index is 1.54. The first-order chi connectivity index (χ1) is 11.2. The number of aromatic nitrogens is 2. The van der Waals surface area contributed by atoms with E-state index >= 15 is 0 Å². The van der Waals surface area contributed by atoms with Gasteiger partial charge in [-0.3, -0.25) is 10.2 Å². The molecule has 2 amide bonds. The van der Waals surface area contributed by atoms with Gasteiger partial charge in [-0.1, -0.05) is 35.6 Å². The third-order valence-corrected chi connectivity index (χ3v) is 4.71. The van der Waals surface area contributed by atoms with Crippen LogP contribution >= 0.6 is 11.3 Å². The van der Waals surface area contributed by atoms with Gasteiger partial charge in [0.25, 0.3) is 0 Å². The van der Waals surface area contributed by atoms with E-state index in [2.05, 4.69) is 51.6 Å². The van der Waals surface area contributed by atoms with Crippen molar-refractivity contribution in [2.24, 2.45) is 0 Å². The van der Waals surface area contributed by atoms with E-state index in [0.717, 1.165) is 39.1 Å². The van der Waals surface area contributed by atoms with Crippen LogP contribution in [0.5, 0.6) is 0 Å². The topological polar surface area (TPSA) is 61.4 Å². The van der Waals surface area contributed by atoms with Gasteiger partial charge in [-0.15, -0.1) is 10.2 Å². The maximum Gasteiger partial charge on any atom is 0.323 e. The molecule has 0 spiro atoms. The summed E-state index contributed by atoms with van der Waals surface area (Å²) in [6.45, 7) is 6.49. The Kier molecular flexibility index (Phi) is 5.19. The molecular formula is C16H21N5OS. The normalized spacial score (nSPS) is 16.1. The molecule has 1 fully saturated rings. The number of rotatable bonds is 3. The molecule has 23 heavy (non-hydrogen) atoms. The third kappa shape index (κ3) is 4.27. The minimum atomic E-state index is -0.0838. The highest BCUT2D eigenvalue weighted by atomic mass is 32.1. The van der Waals surface area contributed by atoms with Gasteiger partial charge < -0.3 is 4.90 Å². The number of carbonyl (C=O) groups excluding carboxylic acids is 1. The van der Waals surface area contributed by atoms with Crippen LogP contribution in [0.2, 0.25) is 0 Å². The molecule has 0 saturated carbocycles. The summed E-state index contributed by atoms with van der Waals surface area (Å²) in [5.74, 6) is 0. The van der Waals surface area contributed by atoms with Crippen LogP contribution in [-0.4, -0.2) is 52.2 Å². The van der Waals surface area contributed by atoms with E-state index in [1.54, 1.807) is 5.51 Å². The Bertz CT molecular complexity index is 646. The zero-order valence-corrected chi connectivity index (χ0v) is 14.1. The molecule has 1 N–H and O–H groups in total. The first-order valence-corrected chi connectivity index (χ1v) is 8.69. The fraction of sp³-hybridized carbons (Fsp3) is 0.438. The van der Waals surface area contributed by atoms with E-state index in [9.17, 15) is 4.79 Å². The van der Waals surface area contributed by atoms with Gasteiger partial charge in [0.2, 0.25) is 5.13 Å². The van der Waals surface area contributed by atoms with Gasteiger partial charge in [-0.05, 0) is 24.5 Å². The van der Waals surface area contributed by atoms with Crippen LogP contribution in [0, 0.1) is 6.92 Å². The smallest absolute Gasteiger partial charge is 0.323 e. The van der Waals surface area contributed by atoms with Crippen LogP contribution < -0.4 is 5.32 Å². The van der Waals surface area contributed by atoms with Gasteiger partial charge in [-0.2, -0.15) is 0 Å². The molecule has 1 aliphatic rings. The van der Waals surface area contributed by atoms with E-state index in [1.165, 1.54) is 22.5 Å². The number of hydrogen-bond acceptors (Lipinski definition) is 5. The summed E-state index contributed by atoms with van der Waals surface area (Å²) in [5, 5.41) is 10.9. The average molecular weight is 331 g/mol. The summed E-state index contributed by atoms with van der Waals surface area (Å²) in [5.41, 5.74) is 4.30. The second-order valence-electron chi connectivity index (χ2n) is 5.72. The molecule has 0 radical (unpaired) electrons. The summed E-state index contributed by atoms with van der Waals surface area (Å²) in [7, 11) is 0. The highest BCUT2D eigenvalue weighted by Gasteiger charge is 2.20. The average Bonchev–Trinajstić information content (AvgIpc) is 2.94. The Morgan fingerprint density at radius 1 is 1.26 bits per heavy atom. The number of hydrogen-bond donors (Lipinski definition) is 1. The van der Waals surface area contributed by atoms with E-state index < -0.39 is 0 Å². The molecule has 0 bridgehead atoms. The van der Waals surface area contributed by atoms with Gasteiger partial charge in [0.05, 0.1) is 0 Å². The lowest BCUT2D eigenvalue weighted by molar-refractivity contribution is 0.211. The standard InChI is InChI=1S/C16H21N5OS/c1-13-5-2-3-6-14(13)11-20-7-4-8-21(10-9-20)16(22)18-15-19-17-12-23-15/h2-3,5-6,12H,4,7-11H2,1H3,(H,18,19,22). The monoisotopic (exact) mass is 331 g/mol. The largest absolute Gasteiger partial charge is 0.323 e. The summed E-state index contributed by atoms with van der Waals surface area (Å²) in [6.07, 6.45) is 0.982. The molecule has 1 aliphatic heterocycles. The molecule has 0 aliphatic carbocycles. The number of urea groups is 1. The van der Waals surface area contributed by atoms with E-state index in [0.29, 0.717) is 5.13 Å². The van der Waals surface area contributed by atoms with Gasteiger partial charge in [0, 0.05) is 32.7 Å². The lowest BCUT2D eigenvalue weighted by atomic mass is 10.1. The second kappa shape index (κ2) is 7.52. The number of nitrogens with one attached hydrogen (secondary N) is 1. The van der Waals surface area contributed by atoms with E-state index in [-0.39, 0.29) is 6.03 Å². The zero-order chi connectivity index (χ0) is 16.1. The number of aryl methyl sites for hydroxylation is 1. The van der Waals surface area contributed by atoms with Gasteiger partial charge >= 0.3 is 6.03 Å². The third-order valence-electron chi connectivity index (χ3n) is 4.10. The lowest BCUT2D eigenvalue weighted by Gasteiger charge is -2.22. The predicted octanol–water partition coefficient (Wildman–Crippen LogP) is 2.59. The van der Waals surface area contributed by atoms with Crippen LogP contribution in [0.1, 0.15) is 17.5 Å². The highest BCUT2D eigenvalue weighted by Crippen LogP contribution is 2.14. The van der Waals surface area contributed by atoms with Crippen molar-refractivity contribution < 1.29 is 4.79 Å². The maximum atomic E-state index is 12.3.